The molecule has 0 spiro atoms. The summed E-state index contributed by atoms with van der Waals surface area (Å²) in [6.45, 7) is 1.93. The van der Waals surface area contributed by atoms with Crippen molar-refractivity contribution in [2.24, 2.45) is 0 Å². The summed E-state index contributed by atoms with van der Waals surface area (Å²) in [5.41, 5.74) is 2.85. The number of thioether (sulfide) groups is 1. The first kappa shape index (κ1) is 21.9. The van der Waals surface area contributed by atoms with Gasteiger partial charge in [0.25, 0.3) is 5.91 Å². The highest BCUT2D eigenvalue weighted by Gasteiger charge is 2.35. The first-order chi connectivity index (χ1) is 15.1. The Hall–Kier alpha value is -2.34. The van der Waals surface area contributed by atoms with Crippen LogP contribution in [0.5, 0.6) is 0 Å². The normalized spacial score (nSPS) is 15.4. The van der Waals surface area contributed by atoms with E-state index in [9.17, 15) is 4.79 Å². The fourth-order valence-corrected chi connectivity index (χ4v) is 4.88. The number of rotatable bonds is 7. The molecule has 0 saturated carbocycles. The number of benzene rings is 2. The molecule has 1 saturated heterocycles. The molecule has 6 heteroatoms. The molecule has 0 atom stereocenters. The molecule has 0 unspecified atom stereocenters. The fraction of sp³-hybridized carbons (Fsp3) is 0.280. The molecule has 1 fully saturated rings. The standard InChI is InChI=1S/C25H25ClN2O2S/c26-22-5-1-4-21(15-22)25(10-13-30-14-11-25)18-28-24(29)20-6-8-23(9-7-20)31-17-19-3-2-12-27-16-19/h1-9,12,15-16H,10-11,13-14,17-18H2,(H,28,29). The maximum Gasteiger partial charge on any atom is 0.251 e. The summed E-state index contributed by atoms with van der Waals surface area (Å²) >= 11 is 7.97. The van der Waals surface area contributed by atoms with E-state index in [0.717, 1.165) is 29.1 Å². The highest BCUT2D eigenvalue weighted by atomic mass is 35.5. The van der Waals surface area contributed by atoms with Gasteiger partial charge in [-0.1, -0.05) is 29.8 Å². The Morgan fingerprint density at radius 3 is 2.61 bits per heavy atom. The van der Waals surface area contributed by atoms with Gasteiger partial charge in [-0.3, -0.25) is 9.78 Å². The minimum atomic E-state index is -0.154. The largest absolute Gasteiger partial charge is 0.381 e. The number of ether oxygens (including phenoxy) is 1. The van der Waals surface area contributed by atoms with Gasteiger partial charge >= 0.3 is 0 Å². The van der Waals surface area contributed by atoms with Crippen LogP contribution >= 0.6 is 23.4 Å². The quantitative estimate of drug-likeness (QED) is 0.480. The Kier molecular flexibility index (Phi) is 7.28. The monoisotopic (exact) mass is 452 g/mol. The highest BCUT2D eigenvalue weighted by molar-refractivity contribution is 7.98. The lowest BCUT2D eigenvalue weighted by Gasteiger charge is -2.38. The molecule has 0 radical (unpaired) electrons. The fourth-order valence-electron chi connectivity index (χ4n) is 3.85. The summed E-state index contributed by atoms with van der Waals surface area (Å²) in [4.78, 5) is 18.1. The lowest BCUT2D eigenvalue weighted by Crippen LogP contribution is -2.44. The smallest absolute Gasteiger partial charge is 0.251 e. The number of halogens is 1. The molecule has 4 rings (SSSR count). The van der Waals surface area contributed by atoms with Crippen LogP contribution in [-0.2, 0) is 15.9 Å². The number of hydrogen-bond acceptors (Lipinski definition) is 4. The molecule has 31 heavy (non-hydrogen) atoms. The van der Waals surface area contributed by atoms with E-state index in [1.807, 2.05) is 54.7 Å². The molecule has 1 aromatic heterocycles. The van der Waals surface area contributed by atoms with Crippen LogP contribution in [0.15, 0.2) is 78.0 Å². The first-order valence-electron chi connectivity index (χ1n) is 10.4. The topological polar surface area (TPSA) is 51.2 Å². The second-order valence-electron chi connectivity index (χ2n) is 7.76. The van der Waals surface area contributed by atoms with E-state index in [-0.39, 0.29) is 11.3 Å². The predicted molar refractivity (Wildman–Crippen MR) is 126 cm³/mol. The van der Waals surface area contributed by atoms with Crippen molar-refractivity contribution in [1.29, 1.82) is 0 Å². The van der Waals surface area contributed by atoms with Crippen LogP contribution in [0, 0.1) is 0 Å². The molecule has 1 amide bonds. The van der Waals surface area contributed by atoms with Gasteiger partial charge in [-0.05, 0) is 66.4 Å². The van der Waals surface area contributed by atoms with Gasteiger partial charge in [0, 0.05) is 58.8 Å². The Morgan fingerprint density at radius 2 is 1.90 bits per heavy atom. The summed E-state index contributed by atoms with van der Waals surface area (Å²) in [6, 6.07) is 19.7. The van der Waals surface area contributed by atoms with Crippen molar-refractivity contribution in [2.75, 3.05) is 19.8 Å². The van der Waals surface area contributed by atoms with Gasteiger partial charge in [0.1, 0.15) is 0 Å². The Morgan fingerprint density at radius 1 is 1.10 bits per heavy atom. The van der Waals surface area contributed by atoms with Crippen molar-refractivity contribution in [3.05, 3.63) is 94.8 Å². The minimum absolute atomic E-state index is 0.0586. The molecule has 1 aliphatic heterocycles. The number of nitrogens with zero attached hydrogens (tertiary/aromatic N) is 1. The molecular formula is C25H25ClN2O2S. The molecule has 1 N–H and O–H groups in total. The van der Waals surface area contributed by atoms with Crippen molar-refractivity contribution < 1.29 is 9.53 Å². The van der Waals surface area contributed by atoms with Crippen molar-refractivity contribution in [2.45, 2.75) is 28.9 Å². The number of hydrogen-bond donors (Lipinski definition) is 1. The number of pyridine rings is 1. The second-order valence-corrected chi connectivity index (χ2v) is 9.25. The molecule has 4 nitrogen and oxygen atoms in total. The number of nitrogens with one attached hydrogen (secondary N) is 1. The highest BCUT2D eigenvalue weighted by Crippen LogP contribution is 2.35. The summed E-state index contributed by atoms with van der Waals surface area (Å²) in [6.07, 6.45) is 5.37. The Bertz CT molecular complexity index is 1010. The van der Waals surface area contributed by atoms with Crippen LogP contribution in [0.25, 0.3) is 0 Å². The molecule has 160 valence electrons. The van der Waals surface area contributed by atoms with E-state index >= 15 is 0 Å². The van der Waals surface area contributed by atoms with Crippen LogP contribution in [0.4, 0.5) is 0 Å². The van der Waals surface area contributed by atoms with Crippen molar-refractivity contribution in [3.8, 4) is 0 Å². The molecule has 3 aromatic rings. The zero-order chi connectivity index (χ0) is 21.5. The van der Waals surface area contributed by atoms with Gasteiger partial charge in [0.15, 0.2) is 0 Å². The Balaban J connectivity index is 1.39. The summed E-state index contributed by atoms with van der Waals surface area (Å²) < 4.78 is 5.58. The lowest BCUT2D eigenvalue weighted by molar-refractivity contribution is 0.0487. The van der Waals surface area contributed by atoms with Crippen LogP contribution in [0.1, 0.15) is 34.3 Å². The van der Waals surface area contributed by atoms with E-state index < -0.39 is 0 Å². The lowest BCUT2D eigenvalue weighted by atomic mass is 9.74. The zero-order valence-electron chi connectivity index (χ0n) is 17.2. The summed E-state index contributed by atoms with van der Waals surface area (Å²) in [5, 5.41) is 3.87. The zero-order valence-corrected chi connectivity index (χ0v) is 18.8. The van der Waals surface area contributed by atoms with Crippen molar-refractivity contribution in [1.82, 2.24) is 10.3 Å². The van der Waals surface area contributed by atoms with E-state index in [4.69, 9.17) is 16.3 Å². The van der Waals surface area contributed by atoms with Crippen molar-refractivity contribution >= 4 is 29.3 Å². The predicted octanol–water partition coefficient (Wildman–Crippen LogP) is 5.51. The molecular weight excluding hydrogens is 428 g/mol. The molecule has 0 bridgehead atoms. The molecule has 1 aliphatic rings. The third kappa shape index (κ3) is 5.67. The number of aromatic nitrogens is 1. The SMILES string of the molecule is O=C(NCC1(c2cccc(Cl)c2)CCOCC1)c1ccc(SCc2cccnc2)cc1. The maximum atomic E-state index is 12.8. The van der Waals surface area contributed by atoms with Crippen LogP contribution in [-0.4, -0.2) is 30.6 Å². The first-order valence-corrected chi connectivity index (χ1v) is 11.7. The van der Waals surface area contributed by atoms with Gasteiger partial charge in [0.2, 0.25) is 0 Å². The van der Waals surface area contributed by atoms with E-state index in [1.165, 1.54) is 5.56 Å². The van der Waals surface area contributed by atoms with Crippen LogP contribution in [0.3, 0.4) is 0 Å². The minimum Gasteiger partial charge on any atom is -0.381 e. The van der Waals surface area contributed by atoms with Gasteiger partial charge < -0.3 is 10.1 Å². The third-order valence-corrected chi connectivity index (χ3v) is 7.04. The maximum absolute atomic E-state index is 12.8. The van der Waals surface area contributed by atoms with Gasteiger partial charge in [-0.15, -0.1) is 11.8 Å². The van der Waals surface area contributed by atoms with Gasteiger partial charge in [-0.25, -0.2) is 0 Å². The average Bonchev–Trinajstić information content (AvgIpc) is 2.83. The number of amides is 1. The van der Waals surface area contributed by atoms with Gasteiger partial charge in [0.05, 0.1) is 0 Å². The van der Waals surface area contributed by atoms with E-state index in [2.05, 4.69) is 22.4 Å². The molecule has 0 aliphatic carbocycles. The van der Waals surface area contributed by atoms with Crippen LogP contribution < -0.4 is 5.32 Å². The summed E-state index contributed by atoms with van der Waals surface area (Å²) in [5.74, 6) is 0.792. The van der Waals surface area contributed by atoms with Crippen LogP contribution in [0.2, 0.25) is 5.02 Å². The second kappa shape index (κ2) is 10.3. The third-order valence-electron chi connectivity index (χ3n) is 5.72. The number of carbonyl (C=O) groups excluding carboxylic acids is 1. The average molecular weight is 453 g/mol. The summed E-state index contributed by atoms with van der Waals surface area (Å²) in [7, 11) is 0. The molecule has 2 aromatic carbocycles. The number of carbonyl (C=O) groups is 1. The van der Waals surface area contributed by atoms with E-state index in [0.29, 0.717) is 30.3 Å². The van der Waals surface area contributed by atoms with Crippen molar-refractivity contribution in [3.63, 3.8) is 0 Å². The van der Waals surface area contributed by atoms with Gasteiger partial charge in [-0.2, -0.15) is 0 Å². The Labute approximate surface area is 192 Å². The van der Waals surface area contributed by atoms with E-state index in [1.54, 1.807) is 18.0 Å². The molecule has 2 heterocycles.